The molecular weight excluding hydrogens is 363 g/mol. The molecule has 0 saturated carbocycles. The third kappa shape index (κ3) is 6.55. The SMILES string of the molecule is COCC(N)C(=O)Nc1ccc(OCc2cccc(Cl)c2)cc1C.Cl. The fourth-order valence-corrected chi connectivity index (χ4v) is 2.35. The molecule has 0 heterocycles. The summed E-state index contributed by atoms with van der Waals surface area (Å²) in [7, 11) is 1.50. The molecule has 136 valence electrons. The van der Waals surface area contributed by atoms with E-state index in [-0.39, 0.29) is 24.9 Å². The number of nitrogens with two attached hydrogens (primary N) is 1. The molecule has 3 N–H and O–H groups in total. The molecule has 0 aliphatic carbocycles. The monoisotopic (exact) mass is 384 g/mol. The van der Waals surface area contributed by atoms with Gasteiger partial charge in [0.15, 0.2) is 0 Å². The summed E-state index contributed by atoms with van der Waals surface area (Å²) in [5.74, 6) is 0.430. The lowest BCUT2D eigenvalue weighted by atomic mass is 10.1. The standard InChI is InChI=1S/C18H21ClN2O3.ClH/c1-12-8-15(24-10-13-4-3-5-14(19)9-13)6-7-17(12)21-18(22)16(20)11-23-2;/h3-9,16H,10-11,20H2,1-2H3,(H,21,22);1H. The molecular formula is C18H22Cl2N2O3. The van der Waals surface area contributed by atoms with Gasteiger partial charge in [-0.1, -0.05) is 23.7 Å². The fourth-order valence-electron chi connectivity index (χ4n) is 2.14. The van der Waals surface area contributed by atoms with E-state index in [1.54, 1.807) is 12.1 Å². The van der Waals surface area contributed by atoms with Crippen LogP contribution >= 0.6 is 24.0 Å². The average molecular weight is 385 g/mol. The average Bonchev–Trinajstić information content (AvgIpc) is 2.55. The van der Waals surface area contributed by atoms with E-state index in [1.165, 1.54) is 7.11 Å². The van der Waals surface area contributed by atoms with Crippen LogP contribution in [0.4, 0.5) is 5.69 Å². The zero-order valence-electron chi connectivity index (χ0n) is 14.1. The van der Waals surface area contributed by atoms with Crippen molar-refractivity contribution in [3.05, 3.63) is 58.6 Å². The number of aryl methyl sites for hydroxylation is 1. The van der Waals surface area contributed by atoms with E-state index in [2.05, 4.69) is 5.32 Å². The highest BCUT2D eigenvalue weighted by Gasteiger charge is 2.14. The minimum absolute atomic E-state index is 0. The van der Waals surface area contributed by atoms with Gasteiger partial charge in [0.05, 0.1) is 6.61 Å². The third-order valence-electron chi connectivity index (χ3n) is 3.43. The van der Waals surface area contributed by atoms with Crippen LogP contribution < -0.4 is 15.8 Å². The van der Waals surface area contributed by atoms with Crippen molar-refractivity contribution in [1.82, 2.24) is 0 Å². The van der Waals surface area contributed by atoms with Crippen LogP contribution in [0.3, 0.4) is 0 Å². The van der Waals surface area contributed by atoms with Crippen molar-refractivity contribution < 1.29 is 14.3 Å². The van der Waals surface area contributed by atoms with Crippen LogP contribution in [0.5, 0.6) is 5.75 Å². The number of rotatable bonds is 7. The molecule has 25 heavy (non-hydrogen) atoms. The smallest absolute Gasteiger partial charge is 0.243 e. The number of carbonyl (C=O) groups is 1. The van der Waals surface area contributed by atoms with Crippen molar-refractivity contribution in [2.75, 3.05) is 19.0 Å². The summed E-state index contributed by atoms with van der Waals surface area (Å²) in [6, 6.07) is 12.3. The van der Waals surface area contributed by atoms with E-state index in [1.807, 2.05) is 37.3 Å². The zero-order chi connectivity index (χ0) is 17.5. The fraction of sp³-hybridized carbons (Fsp3) is 0.278. The summed E-state index contributed by atoms with van der Waals surface area (Å²) in [6.45, 7) is 2.49. The van der Waals surface area contributed by atoms with Gasteiger partial charge in [-0.25, -0.2) is 0 Å². The predicted molar refractivity (Wildman–Crippen MR) is 103 cm³/mol. The van der Waals surface area contributed by atoms with Crippen LogP contribution in [0.1, 0.15) is 11.1 Å². The second-order valence-corrected chi connectivity index (χ2v) is 5.88. The van der Waals surface area contributed by atoms with E-state index in [0.29, 0.717) is 23.1 Å². The van der Waals surface area contributed by atoms with Crippen molar-refractivity contribution in [2.45, 2.75) is 19.6 Å². The first-order valence-corrected chi connectivity index (χ1v) is 7.90. The van der Waals surface area contributed by atoms with Gasteiger partial charge in [0.1, 0.15) is 18.4 Å². The van der Waals surface area contributed by atoms with E-state index < -0.39 is 6.04 Å². The maximum atomic E-state index is 11.9. The second kappa shape index (κ2) is 10.3. The highest BCUT2D eigenvalue weighted by molar-refractivity contribution is 6.30. The number of hydrogen-bond acceptors (Lipinski definition) is 4. The van der Waals surface area contributed by atoms with Crippen molar-refractivity contribution in [1.29, 1.82) is 0 Å². The summed E-state index contributed by atoms with van der Waals surface area (Å²) in [5, 5.41) is 3.46. The van der Waals surface area contributed by atoms with Gasteiger partial charge in [0, 0.05) is 17.8 Å². The van der Waals surface area contributed by atoms with Crippen molar-refractivity contribution in [2.24, 2.45) is 5.73 Å². The molecule has 2 rings (SSSR count). The first-order valence-electron chi connectivity index (χ1n) is 7.53. The number of hydrogen-bond donors (Lipinski definition) is 2. The minimum Gasteiger partial charge on any atom is -0.489 e. The molecule has 7 heteroatoms. The molecule has 0 bridgehead atoms. The number of benzene rings is 2. The number of amides is 1. The Morgan fingerprint density at radius 2 is 2.04 bits per heavy atom. The van der Waals surface area contributed by atoms with Gasteiger partial charge in [-0.3, -0.25) is 4.79 Å². The van der Waals surface area contributed by atoms with Crippen LogP contribution in [0, 0.1) is 6.92 Å². The zero-order valence-corrected chi connectivity index (χ0v) is 15.7. The largest absolute Gasteiger partial charge is 0.489 e. The molecule has 1 unspecified atom stereocenters. The van der Waals surface area contributed by atoms with Gasteiger partial charge >= 0.3 is 0 Å². The van der Waals surface area contributed by atoms with E-state index >= 15 is 0 Å². The van der Waals surface area contributed by atoms with E-state index in [0.717, 1.165) is 11.1 Å². The van der Waals surface area contributed by atoms with E-state index in [4.69, 9.17) is 26.8 Å². The Bertz CT molecular complexity index is 710. The van der Waals surface area contributed by atoms with Gasteiger partial charge in [0.25, 0.3) is 0 Å². The summed E-state index contributed by atoms with van der Waals surface area (Å²) in [4.78, 5) is 11.9. The Labute approximate surface area is 158 Å². The van der Waals surface area contributed by atoms with Crippen molar-refractivity contribution >= 4 is 35.6 Å². The Morgan fingerprint density at radius 1 is 1.28 bits per heavy atom. The molecule has 5 nitrogen and oxygen atoms in total. The lowest BCUT2D eigenvalue weighted by Crippen LogP contribution is -2.39. The highest BCUT2D eigenvalue weighted by Crippen LogP contribution is 2.22. The van der Waals surface area contributed by atoms with Crippen LogP contribution in [0.2, 0.25) is 5.02 Å². The van der Waals surface area contributed by atoms with Gasteiger partial charge < -0.3 is 20.5 Å². The summed E-state index contributed by atoms with van der Waals surface area (Å²) < 4.78 is 10.6. The lowest BCUT2D eigenvalue weighted by Gasteiger charge is -2.14. The number of anilines is 1. The summed E-state index contributed by atoms with van der Waals surface area (Å²) in [5.41, 5.74) is 8.28. The quantitative estimate of drug-likeness (QED) is 0.765. The molecule has 0 aliphatic rings. The number of ether oxygens (including phenoxy) is 2. The number of halogens is 2. The van der Waals surface area contributed by atoms with Gasteiger partial charge in [-0.15, -0.1) is 12.4 Å². The molecule has 0 spiro atoms. The first-order chi connectivity index (χ1) is 11.5. The molecule has 2 aromatic carbocycles. The third-order valence-corrected chi connectivity index (χ3v) is 3.67. The molecule has 1 amide bonds. The first kappa shape index (κ1) is 21.3. The topological polar surface area (TPSA) is 73.6 Å². The molecule has 0 saturated heterocycles. The number of carbonyl (C=O) groups excluding carboxylic acids is 1. The van der Waals surface area contributed by atoms with Gasteiger partial charge in [0.2, 0.25) is 5.91 Å². The Balaban J connectivity index is 0.00000312. The molecule has 2 aromatic rings. The second-order valence-electron chi connectivity index (χ2n) is 5.45. The Kier molecular flexibility index (Phi) is 8.72. The summed E-state index contributed by atoms with van der Waals surface area (Å²) >= 11 is 5.95. The van der Waals surface area contributed by atoms with Crippen LogP contribution in [-0.2, 0) is 16.1 Å². The molecule has 0 aliphatic heterocycles. The van der Waals surface area contributed by atoms with Crippen LogP contribution in [-0.4, -0.2) is 25.7 Å². The maximum absolute atomic E-state index is 11.9. The maximum Gasteiger partial charge on any atom is 0.243 e. The molecule has 1 atom stereocenters. The van der Waals surface area contributed by atoms with Crippen LogP contribution in [0.15, 0.2) is 42.5 Å². The highest BCUT2D eigenvalue weighted by atomic mass is 35.5. The van der Waals surface area contributed by atoms with E-state index in [9.17, 15) is 4.79 Å². The molecule has 0 radical (unpaired) electrons. The number of methoxy groups -OCH3 is 1. The Hall–Kier alpha value is -1.79. The van der Waals surface area contributed by atoms with Crippen molar-refractivity contribution in [3.63, 3.8) is 0 Å². The molecule has 0 fully saturated rings. The summed E-state index contributed by atoms with van der Waals surface area (Å²) in [6.07, 6.45) is 0. The van der Waals surface area contributed by atoms with Gasteiger partial charge in [-0.05, 0) is 48.4 Å². The predicted octanol–water partition coefficient (Wildman–Crippen LogP) is 3.56. The molecule has 0 aromatic heterocycles. The number of nitrogens with one attached hydrogen (secondary N) is 1. The minimum atomic E-state index is -0.701. The normalized spacial score (nSPS) is 11.4. The Morgan fingerprint density at radius 3 is 2.68 bits per heavy atom. The lowest BCUT2D eigenvalue weighted by molar-refractivity contribution is -0.118. The van der Waals surface area contributed by atoms with Crippen molar-refractivity contribution in [3.8, 4) is 5.75 Å². The van der Waals surface area contributed by atoms with Gasteiger partial charge in [-0.2, -0.15) is 0 Å². The van der Waals surface area contributed by atoms with Crippen LogP contribution in [0.25, 0.3) is 0 Å².